The number of benzene rings is 1. The van der Waals surface area contributed by atoms with Crippen LogP contribution in [0.25, 0.3) is 17.0 Å². The van der Waals surface area contributed by atoms with Gasteiger partial charge >= 0.3 is 12.1 Å². The van der Waals surface area contributed by atoms with E-state index in [4.69, 9.17) is 23.7 Å². The minimum Gasteiger partial charge on any atom is -0.458 e. The molecule has 2 N–H and O–H groups in total. The quantitative estimate of drug-likeness (QED) is 0.270. The third-order valence-corrected chi connectivity index (χ3v) is 11.9. The third-order valence-electron chi connectivity index (χ3n) is 11.9. The number of fused-ring (bicyclic) bond motifs is 2. The second kappa shape index (κ2) is 17.2. The molecule has 1 amide bonds. The minimum atomic E-state index is -1.38. The zero-order valence-electron chi connectivity index (χ0n) is 33.8. The van der Waals surface area contributed by atoms with Gasteiger partial charge < -0.3 is 39.0 Å². The van der Waals surface area contributed by atoms with Crippen LogP contribution in [0.1, 0.15) is 80.2 Å². The van der Waals surface area contributed by atoms with Gasteiger partial charge in [0.1, 0.15) is 23.9 Å². The number of ether oxygens (including phenoxy) is 5. The van der Waals surface area contributed by atoms with Crippen LogP contribution in [0.3, 0.4) is 0 Å². The van der Waals surface area contributed by atoms with E-state index >= 15 is 0 Å². The number of amides is 1. The first-order chi connectivity index (χ1) is 25.9. The first-order valence-electron chi connectivity index (χ1n) is 19.5. The molecule has 13 atom stereocenters. The molecule has 13 nitrogen and oxygen atoms in total. The largest absolute Gasteiger partial charge is 0.458 e. The van der Waals surface area contributed by atoms with E-state index in [0.29, 0.717) is 6.42 Å². The number of rotatable bonds is 8. The number of aliphatic hydroxyl groups is 1. The van der Waals surface area contributed by atoms with Gasteiger partial charge in [-0.3, -0.25) is 19.4 Å². The Morgan fingerprint density at radius 3 is 2.44 bits per heavy atom. The Labute approximate surface area is 324 Å². The summed E-state index contributed by atoms with van der Waals surface area (Å²) in [5, 5.41) is 15.4. The lowest BCUT2D eigenvalue weighted by Crippen LogP contribution is -2.60. The van der Waals surface area contributed by atoms with Gasteiger partial charge in [0, 0.05) is 35.4 Å². The van der Waals surface area contributed by atoms with Crippen molar-refractivity contribution in [3.8, 4) is 0 Å². The van der Waals surface area contributed by atoms with Crippen molar-refractivity contribution in [2.45, 2.75) is 129 Å². The molecule has 13 heteroatoms. The monoisotopic (exact) mass is 765 g/mol. The van der Waals surface area contributed by atoms with Crippen LogP contribution in [0.5, 0.6) is 0 Å². The molecular weight excluding hydrogens is 706 g/mol. The average molecular weight is 766 g/mol. The number of nitrogens with one attached hydrogen (secondary N) is 1. The van der Waals surface area contributed by atoms with Crippen LogP contribution in [0.4, 0.5) is 4.79 Å². The van der Waals surface area contributed by atoms with Crippen molar-refractivity contribution in [2.24, 2.45) is 23.7 Å². The maximum Gasteiger partial charge on any atom is 0.408 e. The minimum absolute atomic E-state index is 0.0612. The number of carbonyl (C=O) groups excluding carboxylic acids is 4. The number of hydrogen-bond acceptors (Lipinski definition) is 12. The molecule has 55 heavy (non-hydrogen) atoms. The number of alkyl carbamates (subject to hydrolysis) is 1. The second-order valence-electron chi connectivity index (χ2n) is 16.4. The predicted molar refractivity (Wildman–Crippen MR) is 206 cm³/mol. The molecule has 5 rings (SSSR count). The van der Waals surface area contributed by atoms with Crippen LogP contribution in [0.15, 0.2) is 42.6 Å². The van der Waals surface area contributed by atoms with Gasteiger partial charge in [-0.05, 0) is 78.7 Å². The van der Waals surface area contributed by atoms with Crippen molar-refractivity contribution in [3.05, 3.63) is 48.2 Å². The number of aromatic nitrogens is 1. The Hall–Kier alpha value is -3.75. The summed E-state index contributed by atoms with van der Waals surface area (Å²) in [6.45, 7) is 13.8. The molecule has 4 heterocycles. The van der Waals surface area contributed by atoms with Crippen LogP contribution in [-0.4, -0.2) is 113 Å². The number of aliphatic hydroxyl groups excluding tert-OH is 1. The Balaban J connectivity index is 1.56. The molecule has 3 fully saturated rings. The second-order valence-corrected chi connectivity index (χ2v) is 16.4. The fourth-order valence-corrected chi connectivity index (χ4v) is 8.73. The SMILES string of the molecule is CC[C@H]1OC(=O)[C@H](C)C(=O)[C@H](C)[C@@H](OC2O[C@H](C)C[C@H](N(C)C)[C@H]2O)[C@](C)(OCC=Cc2cnc3ccccc3c2)C[C@@H](C)C(=O)[C@H](C)[C@H]2NC(=O)O[C@@]21C. The number of para-hydroxylation sites is 1. The molecule has 3 aliphatic rings. The molecule has 3 aliphatic heterocycles. The van der Waals surface area contributed by atoms with E-state index in [1.54, 1.807) is 47.7 Å². The Kier molecular flexibility index (Phi) is 13.2. The fourth-order valence-electron chi connectivity index (χ4n) is 8.73. The number of cyclic esters (lactones) is 1. The molecule has 1 aromatic carbocycles. The van der Waals surface area contributed by atoms with Crippen molar-refractivity contribution in [1.82, 2.24) is 15.2 Å². The van der Waals surface area contributed by atoms with Gasteiger partial charge in [0.2, 0.25) is 0 Å². The number of esters is 1. The molecule has 0 saturated carbocycles. The number of ketones is 2. The standard InChI is InChI=1S/C42H59N3O10/c1-11-32-42(8)36(44-40(50)55-42)25(4)33(46)23(2)21-41(7,51-18-14-15-28-20-29-16-12-13-17-30(29)43-22-28)37(26(5)34(47)27(6)38(49)53-32)54-39-35(48)31(45(9)10)19-24(3)52-39/h12-17,20,22-27,31-32,35-37,39,48H,11,18-19,21H2,1-10H3,(H,44,50)/t23-,24-,25+,26+,27-,31+,32-,35-,36-,37-,39?,41-,42-/m1/s1. The van der Waals surface area contributed by atoms with Crippen molar-refractivity contribution < 1.29 is 48.0 Å². The van der Waals surface area contributed by atoms with Gasteiger partial charge in [-0.15, -0.1) is 0 Å². The topological polar surface area (TPSA) is 163 Å². The number of Topliss-reactive ketones (excluding diaryl/α,β-unsaturated/α-hetero) is 2. The highest BCUT2D eigenvalue weighted by Gasteiger charge is 2.57. The summed E-state index contributed by atoms with van der Waals surface area (Å²) in [6.07, 6.45) is 1.12. The van der Waals surface area contributed by atoms with E-state index in [1.165, 1.54) is 6.92 Å². The van der Waals surface area contributed by atoms with Crippen LogP contribution >= 0.6 is 0 Å². The lowest BCUT2D eigenvalue weighted by molar-refractivity contribution is -0.296. The van der Waals surface area contributed by atoms with Crippen molar-refractivity contribution >= 4 is 40.6 Å². The van der Waals surface area contributed by atoms with Crippen molar-refractivity contribution in [3.63, 3.8) is 0 Å². The van der Waals surface area contributed by atoms with Gasteiger partial charge in [-0.25, -0.2) is 4.79 Å². The van der Waals surface area contributed by atoms with Crippen LogP contribution in [0.2, 0.25) is 0 Å². The Bertz CT molecular complexity index is 1750. The molecule has 1 unspecified atom stereocenters. The molecular formula is C42H59N3O10. The molecule has 1 aromatic heterocycles. The molecule has 0 spiro atoms. The van der Waals surface area contributed by atoms with Gasteiger partial charge in [-0.2, -0.15) is 0 Å². The van der Waals surface area contributed by atoms with Crippen LogP contribution < -0.4 is 5.32 Å². The third kappa shape index (κ3) is 8.96. The van der Waals surface area contributed by atoms with Gasteiger partial charge in [0.05, 0.1) is 36.0 Å². The average Bonchev–Trinajstić information content (AvgIpc) is 3.47. The van der Waals surface area contributed by atoms with Gasteiger partial charge in [-0.1, -0.05) is 58.0 Å². The zero-order valence-corrected chi connectivity index (χ0v) is 33.8. The molecule has 302 valence electrons. The van der Waals surface area contributed by atoms with Crippen molar-refractivity contribution in [1.29, 1.82) is 0 Å². The number of carbonyl (C=O) groups is 4. The number of pyridine rings is 1. The predicted octanol–water partition coefficient (Wildman–Crippen LogP) is 5.11. The van der Waals surface area contributed by atoms with Gasteiger partial charge in [0.15, 0.2) is 17.7 Å². The van der Waals surface area contributed by atoms with E-state index in [0.717, 1.165) is 16.5 Å². The molecule has 0 bridgehead atoms. The number of nitrogens with zero attached hydrogens (tertiary/aromatic N) is 2. The molecule has 3 saturated heterocycles. The summed E-state index contributed by atoms with van der Waals surface area (Å²) in [5.41, 5.74) is -1.00. The highest BCUT2D eigenvalue weighted by atomic mass is 16.7. The smallest absolute Gasteiger partial charge is 0.408 e. The lowest BCUT2D eigenvalue weighted by Gasteiger charge is -2.47. The molecule has 0 aliphatic carbocycles. The Morgan fingerprint density at radius 2 is 1.75 bits per heavy atom. The first-order valence-corrected chi connectivity index (χ1v) is 19.5. The maximum absolute atomic E-state index is 14.4. The van der Waals surface area contributed by atoms with E-state index in [2.05, 4.69) is 10.3 Å². The highest BCUT2D eigenvalue weighted by Crippen LogP contribution is 2.40. The van der Waals surface area contributed by atoms with Crippen molar-refractivity contribution in [2.75, 3.05) is 20.7 Å². The van der Waals surface area contributed by atoms with E-state index in [-0.39, 0.29) is 37.4 Å². The summed E-state index contributed by atoms with van der Waals surface area (Å²) in [5.74, 6) is -5.12. The summed E-state index contributed by atoms with van der Waals surface area (Å²) >= 11 is 0. The number of likely N-dealkylation sites (N-methyl/N-ethyl adjacent to an activating group) is 1. The normalized spacial score (nSPS) is 38.1. The molecule has 2 aromatic rings. The lowest BCUT2D eigenvalue weighted by atomic mass is 9.73. The van der Waals surface area contributed by atoms with E-state index in [9.17, 15) is 24.3 Å². The number of hydrogen-bond donors (Lipinski definition) is 2. The fraction of sp³-hybridized carbons (Fsp3) is 0.643. The zero-order chi connectivity index (χ0) is 40.4. The summed E-state index contributed by atoms with van der Waals surface area (Å²) in [6, 6.07) is 8.70. The summed E-state index contributed by atoms with van der Waals surface area (Å²) in [7, 11) is 3.74. The highest BCUT2D eigenvalue weighted by molar-refractivity contribution is 6.00. The van der Waals surface area contributed by atoms with Crippen LogP contribution in [0, 0.1) is 23.7 Å². The Morgan fingerprint density at radius 1 is 1.04 bits per heavy atom. The van der Waals surface area contributed by atoms with Gasteiger partial charge in [0.25, 0.3) is 0 Å². The summed E-state index contributed by atoms with van der Waals surface area (Å²) in [4.78, 5) is 61.8. The maximum atomic E-state index is 14.4. The first kappa shape index (κ1) is 42.4. The van der Waals surface area contributed by atoms with Crippen LogP contribution in [-0.2, 0) is 38.1 Å². The molecule has 0 radical (unpaired) electrons. The van der Waals surface area contributed by atoms with E-state index in [1.807, 2.05) is 68.4 Å². The van der Waals surface area contributed by atoms with E-state index < -0.39 is 83.4 Å². The summed E-state index contributed by atoms with van der Waals surface area (Å²) < 4.78 is 31.4.